The van der Waals surface area contributed by atoms with Crippen LogP contribution in [0.4, 0.5) is 4.79 Å². The largest absolute Gasteiger partial charge is 0.465 e. The minimum Gasteiger partial charge on any atom is -0.465 e. The Balaban J connectivity index is 2.37. The zero-order valence-electron chi connectivity index (χ0n) is 13.4. The molecule has 3 atom stereocenters. The molecule has 128 valence electrons. The first kappa shape index (κ1) is 18.3. The lowest BCUT2D eigenvalue weighted by atomic mass is 9.88. The summed E-state index contributed by atoms with van der Waals surface area (Å²) in [6, 6.07) is 4.75. The van der Waals surface area contributed by atoms with Crippen molar-refractivity contribution in [1.82, 2.24) is 4.90 Å². The maximum Gasteiger partial charge on any atom is 0.407 e. The van der Waals surface area contributed by atoms with E-state index < -0.39 is 18.2 Å². The zero-order valence-corrected chi connectivity index (χ0v) is 14.9. The van der Waals surface area contributed by atoms with Gasteiger partial charge in [0.15, 0.2) is 0 Å². The minimum absolute atomic E-state index is 0.201. The van der Waals surface area contributed by atoms with Gasteiger partial charge in [-0.2, -0.15) is 0 Å². The van der Waals surface area contributed by atoms with Gasteiger partial charge in [0.1, 0.15) is 0 Å². The van der Waals surface area contributed by atoms with Gasteiger partial charge < -0.3 is 20.5 Å². The van der Waals surface area contributed by atoms with Crippen LogP contribution in [0.5, 0.6) is 0 Å². The van der Waals surface area contributed by atoms with Crippen molar-refractivity contribution >= 4 is 29.3 Å². The highest BCUT2D eigenvalue weighted by molar-refractivity contribution is 6.42. The van der Waals surface area contributed by atoms with Crippen LogP contribution in [0.25, 0.3) is 0 Å². The Morgan fingerprint density at radius 3 is 2.48 bits per heavy atom. The van der Waals surface area contributed by atoms with E-state index >= 15 is 0 Å². The number of nitrogens with two attached hydrogens (primary N) is 1. The molecule has 1 amide bonds. The summed E-state index contributed by atoms with van der Waals surface area (Å²) in [4.78, 5) is 12.8. The number of hydrogen-bond donors (Lipinski definition) is 2. The van der Waals surface area contributed by atoms with Crippen molar-refractivity contribution in [3.05, 3.63) is 33.8 Å². The monoisotopic (exact) mass is 360 g/mol. The van der Waals surface area contributed by atoms with Crippen molar-refractivity contribution in [1.29, 1.82) is 0 Å². The number of hydrogen-bond acceptors (Lipinski definition) is 3. The van der Waals surface area contributed by atoms with Crippen LogP contribution in [0, 0.1) is 5.41 Å². The summed E-state index contributed by atoms with van der Waals surface area (Å²) in [5, 5.41) is 10.3. The molecular weight excluding hydrogens is 339 g/mol. The molecule has 1 heterocycles. The van der Waals surface area contributed by atoms with Gasteiger partial charge in [0.25, 0.3) is 0 Å². The van der Waals surface area contributed by atoms with Crippen molar-refractivity contribution in [2.24, 2.45) is 11.1 Å². The molecule has 1 aromatic rings. The van der Waals surface area contributed by atoms with Gasteiger partial charge >= 0.3 is 6.09 Å². The molecule has 2 rings (SSSR count). The molecule has 0 spiro atoms. The fourth-order valence-corrected chi connectivity index (χ4v) is 2.90. The van der Waals surface area contributed by atoms with E-state index in [-0.39, 0.29) is 24.6 Å². The molecule has 1 saturated heterocycles. The van der Waals surface area contributed by atoms with Crippen molar-refractivity contribution in [3.8, 4) is 0 Å². The molecule has 0 bridgehead atoms. The van der Waals surface area contributed by atoms with E-state index in [9.17, 15) is 9.90 Å². The first-order valence-corrected chi connectivity index (χ1v) is 8.19. The molecule has 1 aromatic carbocycles. The van der Waals surface area contributed by atoms with E-state index in [1.807, 2.05) is 26.8 Å². The first-order valence-electron chi connectivity index (χ1n) is 7.43. The number of carboxylic acid groups (broad SMARTS) is 1. The van der Waals surface area contributed by atoms with Crippen molar-refractivity contribution in [2.45, 2.75) is 39.0 Å². The topological polar surface area (TPSA) is 75.8 Å². The average Bonchev–Trinajstić information content (AvgIpc) is 2.61. The van der Waals surface area contributed by atoms with Gasteiger partial charge in [-0.25, -0.2) is 4.79 Å². The summed E-state index contributed by atoms with van der Waals surface area (Å²) in [6.07, 6.45) is -1.72. The number of amides is 1. The standard InChI is InChI=1S/C16H22Cl2N2O3/c1-16(2,3)13-8-20(15(21)22)7-12(19)14(23-13)9-4-5-10(17)11(18)6-9/h4-6,12-14H,7-8,19H2,1-3H3,(H,21,22). The van der Waals surface area contributed by atoms with Crippen LogP contribution in [0.3, 0.4) is 0 Å². The summed E-state index contributed by atoms with van der Waals surface area (Å²) in [7, 11) is 0. The van der Waals surface area contributed by atoms with Gasteiger partial charge in [0.2, 0.25) is 0 Å². The third-order valence-corrected chi connectivity index (χ3v) is 4.76. The van der Waals surface area contributed by atoms with Crippen LogP contribution in [-0.2, 0) is 4.74 Å². The van der Waals surface area contributed by atoms with Gasteiger partial charge in [-0.1, -0.05) is 50.0 Å². The van der Waals surface area contributed by atoms with Crippen LogP contribution in [0.2, 0.25) is 10.0 Å². The summed E-state index contributed by atoms with van der Waals surface area (Å²) in [5.74, 6) is 0. The molecule has 3 unspecified atom stereocenters. The Morgan fingerprint density at radius 2 is 1.96 bits per heavy atom. The molecule has 1 fully saturated rings. The molecule has 0 radical (unpaired) electrons. The second kappa shape index (κ2) is 6.85. The number of nitrogens with zero attached hydrogens (tertiary/aromatic N) is 1. The zero-order chi connectivity index (χ0) is 17.4. The van der Waals surface area contributed by atoms with Gasteiger partial charge in [-0.15, -0.1) is 0 Å². The number of carbonyl (C=O) groups is 1. The highest BCUT2D eigenvalue weighted by Gasteiger charge is 2.38. The Bertz CT molecular complexity index is 589. The fraction of sp³-hybridized carbons (Fsp3) is 0.562. The SMILES string of the molecule is CC(C)(C)C1CN(C(=O)O)CC(N)C(c2ccc(Cl)c(Cl)c2)O1. The third kappa shape index (κ3) is 4.29. The predicted molar refractivity (Wildman–Crippen MR) is 91.1 cm³/mol. The van der Waals surface area contributed by atoms with E-state index in [1.54, 1.807) is 12.1 Å². The van der Waals surface area contributed by atoms with E-state index in [0.717, 1.165) is 5.56 Å². The van der Waals surface area contributed by atoms with Crippen molar-refractivity contribution in [3.63, 3.8) is 0 Å². The van der Waals surface area contributed by atoms with Gasteiger partial charge in [0, 0.05) is 6.54 Å². The lowest BCUT2D eigenvalue weighted by Gasteiger charge is -2.33. The van der Waals surface area contributed by atoms with Crippen LogP contribution in [-0.4, -0.2) is 41.3 Å². The second-order valence-electron chi connectivity index (χ2n) is 6.94. The molecule has 5 nitrogen and oxygen atoms in total. The summed E-state index contributed by atoms with van der Waals surface area (Å²) in [5.41, 5.74) is 6.80. The summed E-state index contributed by atoms with van der Waals surface area (Å²) >= 11 is 12.1. The van der Waals surface area contributed by atoms with E-state index in [2.05, 4.69) is 0 Å². The molecule has 1 aliphatic heterocycles. The van der Waals surface area contributed by atoms with Gasteiger partial charge in [0.05, 0.1) is 34.8 Å². The quantitative estimate of drug-likeness (QED) is 0.798. The lowest BCUT2D eigenvalue weighted by Crippen LogP contribution is -2.43. The van der Waals surface area contributed by atoms with Crippen LogP contribution in [0.15, 0.2) is 18.2 Å². The Kier molecular flexibility index (Phi) is 5.46. The maximum absolute atomic E-state index is 11.4. The summed E-state index contributed by atoms with van der Waals surface area (Å²) in [6.45, 7) is 6.53. The van der Waals surface area contributed by atoms with Crippen molar-refractivity contribution in [2.75, 3.05) is 13.1 Å². The molecular formula is C16H22Cl2N2O3. The number of rotatable bonds is 1. The van der Waals surface area contributed by atoms with E-state index in [0.29, 0.717) is 10.0 Å². The molecule has 1 aliphatic rings. The first-order chi connectivity index (χ1) is 10.6. The van der Waals surface area contributed by atoms with E-state index in [1.165, 1.54) is 4.90 Å². The predicted octanol–water partition coefficient (Wildman–Crippen LogP) is 3.79. The molecule has 7 heteroatoms. The number of halogens is 2. The van der Waals surface area contributed by atoms with Gasteiger partial charge in [-0.3, -0.25) is 0 Å². The van der Waals surface area contributed by atoms with Crippen LogP contribution in [0.1, 0.15) is 32.4 Å². The van der Waals surface area contributed by atoms with Crippen molar-refractivity contribution < 1.29 is 14.6 Å². The minimum atomic E-state index is -0.993. The molecule has 0 aliphatic carbocycles. The Morgan fingerprint density at radius 1 is 1.30 bits per heavy atom. The van der Waals surface area contributed by atoms with Crippen LogP contribution >= 0.6 is 23.2 Å². The third-order valence-electron chi connectivity index (χ3n) is 4.03. The van der Waals surface area contributed by atoms with E-state index in [4.69, 9.17) is 33.7 Å². The fourth-order valence-electron chi connectivity index (χ4n) is 2.60. The van der Waals surface area contributed by atoms with Crippen LogP contribution < -0.4 is 5.73 Å². The maximum atomic E-state index is 11.4. The second-order valence-corrected chi connectivity index (χ2v) is 7.75. The summed E-state index contributed by atoms with van der Waals surface area (Å²) < 4.78 is 6.22. The normalized spacial score (nSPS) is 26.0. The molecule has 3 N–H and O–H groups in total. The number of benzene rings is 1. The lowest BCUT2D eigenvalue weighted by molar-refractivity contribution is -0.0669. The Hall–Kier alpha value is -1.01. The van der Waals surface area contributed by atoms with Gasteiger partial charge in [-0.05, 0) is 23.1 Å². The number of ether oxygens (including phenoxy) is 1. The highest BCUT2D eigenvalue weighted by atomic mass is 35.5. The molecule has 23 heavy (non-hydrogen) atoms. The Labute approximate surface area is 146 Å². The average molecular weight is 361 g/mol. The highest BCUT2D eigenvalue weighted by Crippen LogP contribution is 2.35. The molecule has 0 saturated carbocycles. The molecule has 0 aromatic heterocycles. The smallest absolute Gasteiger partial charge is 0.407 e.